The summed E-state index contributed by atoms with van der Waals surface area (Å²) >= 11 is 0. The van der Waals surface area contributed by atoms with Crippen LogP contribution in [0.3, 0.4) is 0 Å². The first-order valence-electron chi connectivity index (χ1n) is 9.35. The fraction of sp³-hybridized carbons (Fsp3) is 0.579. The minimum atomic E-state index is -4.74. The average molecular weight is 429 g/mol. The van der Waals surface area contributed by atoms with Gasteiger partial charge in [-0.25, -0.2) is 8.42 Å². The molecule has 2 atom stereocenters. The van der Waals surface area contributed by atoms with E-state index in [1.807, 2.05) is 6.07 Å². The average Bonchev–Trinajstić information content (AvgIpc) is 3.56. The Morgan fingerprint density at radius 1 is 1.24 bits per heavy atom. The third-order valence-electron chi connectivity index (χ3n) is 5.08. The summed E-state index contributed by atoms with van der Waals surface area (Å²) < 4.78 is 66.0. The van der Waals surface area contributed by atoms with E-state index in [9.17, 15) is 26.4 Å². The predicted molar refractivity (Wildman–Crippen MR) is 99.3 cm³/mol. The number of carbonyl (C=O) groups excluding carboxylic acids is 1. The number of nitriles is 1. The molecule has 1 amide bonds. The molecular weight excluding hydrogens is 407 g/mol. The molecule has 158 valence electrons. The summed E-state index contributed by atoms with van der Waals surface area (Å²) in [4.78, 5) is 12.7. The third-order valence-corrected chi connectivity index (χ3v) is 6.90. The highest BCUT2D eigenvalue weighted by molar-refractivity contribution is 7.91. The number of carbonyl (C=O) groups is 1. The number of amides is 1. The van der Waals surface area contributed by atoms with E-state index >= 15 is 0 Å². The Balaban J connectivity index is 1.84. The van der Waals surface area contributed by atoms with Gasteiger partial charge < -0.3 is 5.32 Å². The number of halogens is 3. The molecular formula is C19H22F3N3O3S. The highest BCUT2D eigenvalue weighted by Gasteiger charge is 2.48. The normalized spacial score (nSPS) is 20.3. The monoisotopic (exact) mass is 429 g/mol. The summed E-state index contributed by atoms with van der Waals surface area (Å²) in [6, 6.07) is 5.03. The van der Waals surface area contributed by atoms with E-state index in [-0.39, 0.29) is 17.2 Å². The van der Waals surface area contributed by atoms with E-state index in [1.54, 1.807) is 6.07 Å². The number of nitrogens with zero attached hydrogens (tertiary/aromatic N) is 1. The van der Waals surface area contributed by atoms with Crippen LogP contribution in [-0.4, -0.2) is 43.6 Å². The molecule has 2 aliphatic carbocycles. The second-order valence-electron chi connectivity index (χ2n) is 7.81. The van der Waals surface area contributed by atoms with E-state index in [1.165, 1.54) is 24.3 Å². The predicted octanol–water partition coefficient (Wildman–Crippen LogP) is 2.25. The SMILES string of the molecule is N#CC1(NC(=O)C(CS(=O)(=O)CC2CC2)N[C@H](c2ccccc2)C(F)(F)F)CC1. The van der Waals surface area contributed by atoms with Crippen LogP contribution < -0.4 is 10.6 Å². The van der Waals surface area contributed by atoms with Crippen LogP contribution in [0.5, 0.6) is 0 Å². The second kappa shape index (κ2) is 7.95. The zero-order valence-electron chi connectivity index (χ0n) is 15.6. The number of sulfone groups is 1. The first-order valence-corrected chi connectivity index (χ1v) is 11.2. The molecule has 0 radical (unpaired) electrons. The molecule has 2 aliphatic rings. The molecule has 3 rings (SSSR count). The van der Waals surface area contributed by atoms with Gasteiger partial charge in [0.15, 0.2) is 9.84 Å². The van der Waals surface area contributed by atoms with Crippen molar-refractivity contribution in [2.75, 3.05) is 11.5 Å². The van der Waals surface area contributed by atoms with Crippen molar-refractivity contribution in [3.05, 3.63) is 35.9 Å². The molecule has 0 spiro atoms. The smallest absolute Gasteiger partial charge is 0.336 e. The maximum absolute atomic E-state index is 13.7. The molecule has 6 nitrogen and oxygen atoms in total. The number of hydrogen-bond acceptors (Lipinski definition) is 5. The Hall–Kier alpha value is -2.12. The van der Waals surface area contributed by atoms with Crippen molar-refractivity contribution in [2.45, 2.75) is 49.5 Å². The maximum Gasteiger partial charge on any atom is 0.407 e. The molecule has 1 aromatic rings. The van der Waals surface area contributed by atoms with Gasteiger partial charge in [0.2, 0.25) is 5.91 Å². The largest absolute Gasteiger partial charge is 0.407 e. The lowest BCUT2D eigenvalue weighted by Crippen LogP contribution is -2.54. The van der Waals surface area contributed by atoms with Crippen molar-refractivity contribution in [1.82, 2.24) is 10.6 Å². The minimum absolute atomic E-state index is 0.00475. The van der Waals surface area contributed by atoms with Crippen molar-refractivity contribution < 1.29 is 26.4 Å². The van der Waals surface area contributed by atoms with Crippen LogP contribution in [0.25, 0.3) is 0 Å². The zero-order valence-corrected chi connectivity index (χ0v) is 16.4. The number of alkyl halides is 3. The molecule has 2 saturated carbocycles. The summed E-state index contributed by atoms with van der Waals surface area (Å²) in [5.74, 6) is -1.81. The van der Waals surface area contributed by atoms with Gasteiger partial charge in [-0.15, -0.1) is 0 Å². The van der Waals surface area contributed by atoms with Crippen LogP contribution in [0.2, 0.25) is 0 Å². The first-order chi connectivity index (χ1) is 13.5. The Morgan fingerprint density at radius 3 is 2.34 bits per heavy atom. The molecule has 1 aromatic carbocycles. The Morgan fingerprint density at radius 2 is 1.86 bits per heavy atom. The van der Waals surface area contributed by atoms with Crippen LogP contribution in [-0.2, 0) is 14.6 Å². The molecule has 0 aromatic heterocycles. The lowest BCUT2D eigenvalue weighted by molar-refractivity contribution is -0.160. The number of nitrogens with one attached hydrogen (secondary N) is 2. The third kappa shape index (κ3) is 5.93. The van der Waals surface area contributed by atoms with Crippen molar-refractivity contribution in [3.63, 3.8) is 0 Å². The van der Waals surface area contributed by atoms with E-state index in [0.717, 1.165) is 12.8 Å². The molecule has 0 saturated heterocycles. The molecule has 1 unspecified atom stereocenters. The molecule has 29 heavy (non-hydrogen) atoms. The molecule has 10 heteroatoms. The first kappa shape index (κ1) is 21.6. The van der Waals surface area contributed by atoms with Gasteiger partial charge in [-0.2, -0.15) is 18.4 Å². The highest BCUT2D eigenvalue weighted by Crippen LogP contribution is 2.36. The van der Waals surface area contributed by atoms with Gasteiger partial charge in [-0.05, 0) is 37.2 Å². The summed E-state index contributed by atoms with van der Waals surface area (Å²) in [5.41, 5.74) is -1.24. The van der Waals surface area contributed by atoms with E-state index in [0.29, 0.717) is 12.8 Å². The van der Waals surface area contributed by atoms with Gasteiger partial charge in [0, 0.05) is 0 Å². The lowest BCUT2D eigenvalue weighted by atomic mass is 10.1. The van der Waals surface area contributed by atoms with Gasteiger partial charge in [-0.3, -0.25) is 10.1 Å². The fourth-order valence-corrected chi connectivity index (χ4v) is 5.05. The summed E-state index contributed by atoms with van der Waals surface area (Å²) in [6.45, 7) is 0. The van der Waals surface area contributed by atoms with Crippen molar-refractivity contribution in [2.24, 2.45) is 5.92 Å². The number of rotatable bonds is 9. The van der Waals surface area contributed by atoms with Crippen LogP contribution in [0.15, 0.2) is 30.3 Å². The van der Waals surface area contributed by atoms with E-state index in [2.05, 4.69) is 10.6 Å². The summed E-state index contributed by atoms with van der Waals surface area (Å²) in [7, 11) is -3.75. The van der Waals surface area contributed by atoms with Gasteiger partial charge in [0.1, 0.15) is 17.6 Å². The van der Waals surface area contributed by atoms with E-state index < -0.39 is 45.3 Å². The number of hydrogen-bond donors (Lipinski definition) is 2. The van der Waals surface area contributed by atoms with Crippen molar-refractivity contribution >= 4 is 15.7 Å². The quantitative estimate of drug-likeness (QED) is 0.627. The molecule has 0 bridgehead atoms. The van der Waals surface area contributed by atoms with Gasteiger partial charge in [0.25, 0.3) is 0 Å². The van der Waals surface area contributed by atoms with Crippen LogP contribution in [0.4, 0.5) is 13.2 Å². The fourth-order valence-electron chi connectivity index (χ4n) is 3.10. The minimum Gasteiger partial charge on any atom is -0.336 e. The van der Waals surface area contributed by atoms with Gasteiger partial charge >= 0.3 is 6.18 Å². The summed E-state index contributed by atoms with van der Waals surface area (Å²) in [6.07, 6.45) is -2.45. The standard InChI is InChI=1S/C19H22F3N3O3S/c20-19(21,22)16(14-4-2-1-3-5-14)24-15(11-29(27,28)10-13-6-7-13)17(26)25-18(12-23)8-9-18/h1-5,13,15-16,24H,6-11H2,(H,25,26)/t15?,16-/m1/s1. The van der Waals surface area contributed by atoms with Crippen LogP contribution in [0.1, 0.15) is 37.3 Å². The van der Waals surface area contributed by atoms with Crippen molar-refractivity contribution in [3.8, 4) is 6.07 Å². The Bertz CT molecular complexity index is 889. The van der Waals surface area contributed by atoms with Crippen LogP contribution >= 0.6 is 0 Å². The highest BCUT2D eigenvalue weighted by atomic mass is 32.2. The van der Waals surface area contributed by atoms with Crippen molar-refractivity contribution in [1.29, 1.82) is 5.26 Å². The summed E-state index contributed by atoms with van der Waals surface area (Å²) in [5, 5.41) is 13.8. The van der Waals surface area contributed by atoms with Gasteiger partial charge in [-0.1, -0.05) is 30.3 Å². The van der Waals surface area contributed by atoms with Gasteiger partial charge in [0.05, 0.1) is 17.6 Å². The Kier molecular flexibility index (Phi) is 5.92. The topological polar surface area (TPSA) is 99.1 Å². The Labute approximate surface area is 167 Å². The maximum atomic E-state index is 13.7. The molecule has 0 aliphatic heterocycles. The van der Waals surface area contributed by atoms with E-state index in [4.69, 9.17) is 5.26 Å². The second-order valence-corrected chi connectivity index (χ2v) is 9.96. The lowest BCUT2D eigenvalue weighted by Gasteiger charge is -2.28. The van der Waals surface area contributed by atoms with Crippen LogP contribution in [0, 0.1) is 17.2 Å². The zero-order chi connectivity index (χ0) is 21.3. The molecule has 2 fully saturated rings. The molecule has 2 N–H and O–H groups in total. The number of benzene rings is 1. The molecule has 0 heterocycles.